The molecule has 0 aliphatic carbocycles. The van der Waals surface area contributed by atoms with Crippen molar-refractivity contribution in [3.05, 3.63) is 66.4 Å². The van der Waals surface area contributed by atoms with Gasteiger partial charge in [-0.3, -0.25) is 14.2 Å². The lowest BCUT2D eigenvalue weighted by atomic mass is 10.2. The number of hydrogen-bond acceptors (Lipinski definition) is 5. The van der Waals surface area contributed by atoms with Crippen molar-refractivity contribution in [1.82, 2.24) is 24.9 Å². The summed E-state index contributed by atoms with van der Waals surface area (Å²) in [5, 5.41) is 11.5. The molecule has 0 fully saturated rings. The molecule has 3 heterocycles. The highest BCUT2D eigenvalue weighted by Crippen LogP contribution is 2.18. The molecule has 1 amide bonds. The van der Waals surface area contributed by atoms with E-state index >= 15 is 0 Å². The first-order valence-corrected chi connectivity index (χ1v) is 9.34. The quantitative estimate of drug-likeness (QED) is 0.661. The lowest BCUT2D eigenvalue weighted by molar-refractivity contribution is -0.117. The average Bonchev–Trinajstić information content (AvgIpc) is 3.08. The van der Waals surface area contributed by atoms with Gasteiger partial charge < -0.3 is 5.32 Å². The van der Waals surface area contributed by atoms with Gasteiger partial charge in [0.2, 0.25) is 5.91 Å². The number of rotatable bonds is 7. The zero-order chi connectivity index (χ0) is 17.5. The Kier molecular flexibility index (Phi) is 5.79. The molecule has 1 N–H and O–H groups in total. The first-order chi connectivity index (χ1) is 12.3. The van der Waals surface area contributed by atoms with Crippen molar-refractivity contribution in [3.8, 4) is 0 Å². The minimum atomic E-state index is -0.198. The third-order valence-electron chi connectivity index (χ3n) is 3.69. The first-order valence-electron chi connectivity index (χ1n) is 7.95. The Morgan fingerprint density at radius 1 is 1.32 bits per heavy atom. The van der Waals surface area contributed by atoms with Crippen molar-refractivity contribution in [3.63, 3.8) is 0 Å². The summed E-state index contributed by atoms with van der Waals surface area (Å²) in [6.45, 7) is 0. The van der Waals surface area contributed by atoms with E-state index in [0.29, 0.717) is 0 Å². The van der Waals surface area contributed by atoms with Crippen molar-refractivity contribution in [1.29, 1.82) is 0 Å². The number of nitrogens with one attached hydrogen (secondary N) is 1. The fourth-order valence-corrected chi connectivity index (χ4v) is 2.94. The van der Waals surface area contributed by atoms with E-state index in [2.05, 4.69) is 20.5 Å². The number of fused-ring (bicyclic) bond motifs is 1. The van der Waals surface area contributed by atoms with Crippen LogP contribution in [0.25, 0.3) is 11.7 Å². The normalized spacial score (nSPS) is 12.5. The van der Waals surface area contributed by atoms with Gasteiger partial charge in [-0.05, 0) is 48.3 Å². The molecule has 25 heavy (non-hydrogen) atoms. The van der Waals surface area contributed by atoms with E-state index in [1.54, 1.807) is 30.2 Å². The number of carbonyl (C=O) groups is 1. The van der Waals surface area contributed by atoms with Gasteiger partial charge in [-0.15, -0.1) is 10.2 Å². The van der Waals surface area contributed by atoms with Crippen LogP contribution in [0.5, 0.6) is 0 Å². The maximum atomic E-state index is 12.3. The number of thioether (sulfide) groups is 1. The van der Waals surface area contributed by atoms with Crippen LogP contribution in [0.4, 0.5) is 0 Å². The first kappa shape index (κ1) is 17.2. The van der Waals surface area contributed by atoms with Crippen molar-refractivity contribution in [2.75, 3.05) is 12.0 Å². The molecule has 1 atom stereocenters. The van der Waals surface area contributed by atoms with Gasteiger partial charge >= 0.3 is 0 Å². The second kappa shape index (κ2) is 8.43. The zero-order valence-corrected chi connectivity index (χ0v) is 14.7. The second-order valence-corrected chi connectivity index (χ2v) is 6.43. The molecule has 0 saturated carbocycles. The zero-order valence-electron chi connectivity index (χ0n) is 13.9. The summed E-state index contributed by atoms with van der Waals surface area (Å²) in [4.78, 5) is 16.4. The van der Waals surface area contributed by atoms with Crippen LogP contribution >= 0.6 is 11.8 Å². The highest BCUT2D eigenvalue weighted by molar-refractivity contribution is 7.98. The van der Waals surface area contributed by atoms with Gasteiger partial charge in [0.25, 0.3) is 0 Å². The van der Waals surface area contributed by atoms with Gasteiger partial charge in [-0.1, -0.05) is 12.1 Å². The van der Waals surface area contributed by atoms with Crippen molar-refractivity contribution in [2.45, 2.75) is 12.5 Å². The highest BCUT2D eigenvalue weighted by atomic mass is 32.2. The highest BCUT2D eigenvalue weighted by Gasteiger charge is 2.19. The molecular formula is C18H19N5OS. The third kappa shape index (κ3) is 4.45. The number of aromatic nitrogens is 4. The number of carbonyl (C=O) groups excluding carboxylic acids is 1. The molecule has 0 saturated heterocycles. The molecule has 0 bridgehead atoms. The topological polar surface area (TPSA) is 72.2 Å². The molecule has 3 aromatic rings. The predicted molar refractivity (Wildman–Crippen MR) is 100 cm³/mol. The summed E-state index contributed by atoms with van der Waals surface area (Å²) in [6.07, 6.45) is 11.4. The molecule has 0 aliphatic rings. The molecule has 3 rings (SSSR count). The molecule has 0 aromatic carbocycles. The second-order valence-electron chi connectivity index (χ2n) is 5.45. The standard InChI is InChI=1S/C18H19N5OS/c1-25-12-9-15(18-22-21-16-6-2-3-11-23(16)18)20-17(24)8-7-14-5-4-10-19-13-14/h2-8,10-11,13,15H,9,12H2,1H3,(H,20,24)/b8-7+. The summed E-state index contributed by atoms with van der Waals surface area (Å²) in [5.74, 6) is 1.49. The van der Waals surface area contributed by atoms with E-state index in [9.17, 15) is 4.79 Å². The Bertz CT molecular complexity index is 862. The molecule has 0 radical (unpaired) electrons. The molecule has 6 nitrogen and oxygen atoms in total. The Morgan fingerprint density at radius 2 is 2.24 bits per heavy atom. The van der Waals surface area contributed by atoms with E-state index in [1.165, 1.54) is 6.08 Å². The molecule has 3 aromatic heterocycles. The van der Waals surface area contributed by atoms with E-state index in [4.69, 9.17) is 0 Å². The van der Waals surface area contributed by atoms with Crippen LogP contribution in [-0.4, -0.2) is 37.5 Å². The van der Waals surface area contributed by atoms with Crippen LogP contribution in [-0.2, 0) is 4.79 Å². The number of amides is 1. The molecular weight excluding hydrogens is 334 g/mol. The lowest BCUT2D eigenvalue weighted by Gasteiger charge is -2.15. The van der Waals surface area contributed by atoms with E-state index in [-0.39, 0.29) is 11.9 Å². The smallest absolute Gasteiger partial charge is 0.244 e. The van der Waals surface area contributed by atoms with E-state index < -0.39 is 0 Å². The van der Waals surface area contributed by atoms with Gasteiger partial charge in [0, 0.05) is 24.7 Å². The van der Waals surface area contributed by atoms with E-state index in [0.717, 1.165) is 29.2 Å². The van der Waals surface area contributed by atoms with Gasteiger partial charge in [0.05, 0.1) is 6.04 Å². The average molecular weight is 353 g/mol. The van der Waals surface area contributed by atoms with Crippen LogP contribution < -0.4 is 5.32 Å². The van der Waals surface area contributed by atoms with Gasteiger partial charge in [-0.25, -0.2) is 0 Å². The summed E-state index contributed by atoms with van der Waals surface area (Å²) in [7, 11) is 0. The summed E-state index contributed by atoms with van der Waals surface area (Å²) >= 11 is 1.73. The van der Waals surface area contributed by atoms with Crippen molar-refractivity contribution >= 4 is 29.4 Å². The fourth-order valence-electron chi connectivity index (χ4n) is 2.47. The number of pyridine rings is 2. The fraction of sp³-hybridized carbons (Fsp3) is 0.222. The summed E-state index contributed by atoms with van der Waals surface area (Å²) in [5.41, 5.74) is 1.65. The molecule has 0 spiro atoms. The van der Waals surface area contributed by atoms with Gasteiger partial charge in [0.1, 0.15) is 0 Å². The van der Waals surface area contributed by atoms with Crippen LogP contribution in [0.15, 0.2) is 55.0 Å². The lowest BCUT2D eigenvalue weighted by Crippen LogP contribution is -2.29. The van der Waals surface area contributed by atoms with Crippen LogP contribution in [0.1, 0.15) is 23.9 Å². The monoisotopic (exact) mass is 353 g/mol. The van der Waals surface area contributed by atoms with Gasteiger partial charge in [0.15, 0.2) is 11.5 Å². The van der Waals surface area contributed by atoms with Crippen molar-refractivity contribution in [2.24, 2.45) is 0 Å². The predicted octanol–water partition coefficient (Wildman–Crippen LogP) is 2.75. The SMILES string of the molecule is CSCCC(NC(=O)/C=C/c1cccnc1)c1nnc2ccccn12. The van der Waals surface area contributed by atoms with Crippen LogP contribution in [0.3, 0.4) is 0 Å². The Labute approximate surface area is 150 Å². The van der Waals surface area contributed by atoms with Crippen LogP contribution in [0.2, 0.25) is 0 Å². The Hall–Kier alpha value is -2.67. The molecule has 1 unspecified atom stereocenters. The molecule has 7 heteroatoms. The number of nitrogens with zero attached hydrogens (tertiary/aromatic N) is 4. The maximum absolute atomic E-state index is 12.3. The third-order valence-corrected chi connectivity index (χ3v) is 4.33. The Balaban J connectivity index is 1.77. The minimum absolute atomic E-state index is 0.164. The van der Waals surface area contributed by atoms with E-state index in [1.807, 2.05) is 47.2 Å². The van der Waals surface area contributed by atoms with Crippen LogP contribution in [0, 0.1) is 0 Å². The molecule has 0 aliphatic heterocycles. The summed E-state index contributed by atoms with van der Waals surface area (Å²) < 4.78 is 1.91. The molecule has 128 valence electrons. The maximum Gasteiger partial charge on any atom is 0.244 e. The minimum Gasteiger partial charge on any atom is -0.342 e. The largest absolute Gasteiger partial charge is 0.342 e. The Morgan fingerprint density at radius 3 is 3.04 bits per heavy atom. The summed E-state index contributed by atoms with van der Waals surface area (Å²) in [6, 6.07) is 9.27. The van der Waals surface area contributed by atoms with Gasteiger partial charge in [-0.2, -0.15) is 11.8 Å². The van der Waals surface area contributed by atoms with Crippen molar-refractivity contribution < 1.29 is 4.79 Å². The number of hydrogen-bond donors (Lipinski definition) is 1.